The quantitative estimate of drug-likeness (QED) is 0.777. The van der Waals surface area contributed by atoms with Gasteiger partial charge >= 0.3 is 0 Å². The minimum atomic E-state index is 0.725. The maximum Gasteiger partial charge on any atom is 0.129 e. The first-order valence-corrected chi connectivity index (χ1v) is 6.67. The molecule has 86 valence electrons. The minimum absolute atomic E-state index is 0.725. The Balaban J connectivity index is 1.84. The molecule has 2 heteroatoms. The third kappa shape index (κ3) is 1.93. The molecule has 2 nitrogen and oxygen atoms in total. The van der Waals surface area contributed by atoms with Crippen LogP contribution in [0.25, 0.3) is 0 Å². The number of hydrogen-bond donors (Lipinski definition) is 1. The molecule has 16 heavy (non-hydrogen) atoms. The van der Waals surface area contributed by atoms with Gasteiger partial charge in [0, 0.05) is 18.2 Å². The molecule has 2 aliphatic rings. The maximum atomic E-state index is 4.83. The fourth-order valence-electron chi connectivity index (χ4n) is 2.97. The Kier molecular flexibility index (Phi) is 2.81. The third-order valence-corrected chi connectivity index (χ3v) is 3.94. The average molecular weight is 216 g/mol. The summed E-state index contributed by atoms with van der Waals surface area (Å²) < 4.78 is 0. The monoisotopic (exact) mass is 216 g/mol. The van der Waals surface area contributed by atoms with Gasteiger partial charge in [-0.05, 0) is 37.3 Å². The highest BCUT2D eigenvalue weighted by Gasteiger charge is 2.18. The van der Waals surface area contributed by atoms with Crippen LogP contribution in [0.15, 0.2) is 12.1 Å². The average Bonchev–Trinajstić information content (AvgIpc) is 2.39. The summed E-state index contributed by atoms with van der Waals surface area (Å²) in [5.74, 6) is 1.89. The van der Waals surface area contributed by atoms with Crippen LogP contribution in [0.3, 0.4) is 0 Å². The molecule has 0 amide bonds. The maximum absolute atomic E-state index is 4.83. The van der Waals surface area contributed by atoms with Crippen LogP contribution in [0.4, 0.5) is 5.82 Å². The molecule has 1 fully saturated rings. The van der Waals surface area contributed by atoms with Gasteiger partial charge < -0.3 is 5.32 Å². The zero-order chi connectivity index (χ0) is 10.8. The summed E-state index contributed by atoms with van der Waals surface area (Å²) in [6, 6.07) is 4.56. The van der Waals surface area contributed by atoms with Crippen molar-refractivity contribution in [2.24, 2.45) is 0 Å². The number of pyridine rings is 1. The smallest absolute Gasteiger partial charge is 0.129 e. The molecule has 0 bridgehead atoms. The van der Waals surface area contributed by atoms with Gasteiger partial charge in [0.25, 0.3) is 0 Å². The standard InChI is InChI=1S/C14H20N2/c1-2-5-11(6-3-1)13-9-8-12-7-4-10-15-14(12)16-13/h8-9,11H,1-7,10H2,(H,15,16). The van der Waals surface area contributed by atoms with E-state index in [2.05, 4.69) is 17.4 Å². The van der Waals surface area contributed by atoms with Gasteiger partial charge in [0.1, 0.15) is 5.82 Å². The Bertz CT molecular complexity index is 367. The molecule has 1 aliphatic heterocycles. The highest BCUT2D eigenvalue weighted by molar-refractivity contribution is 5.47. The second-order valence-electron chi connectivity index (χ2n) is 5.11. The molecule has 1 saturated carbocycles. The van der Waals surface area contributed by atoms with Crippen molar-refractivity contribution in [2.75, 3.05) is 11.9 Å². The Morgan fingerprint density at radius 1 is 1.06 bits per heavy atom. The Morgan fingerprint density at radius 2 is 1.94 bits per heavy atom. The fraction of sp³-hybridized carbons (Fsp3) is 0.643. The van der Waals surface area contributed by atoms with E-state index in [9.17, 15) is 0 Å². The number of anilines is 1. The van der Waals surface area contributed by atoms with Crippen molar-refractivity contribution >= 4 is 5.82 Å². The molecule has 2 heterocycles. The molecule has 0 atom stereocenters. The lowest BCUT2D eigenvalue weighted by Gasteiger charge is -2.23. The number of aryl methyl sites for hydroxylation is 1. The van der Waals surface area contributed by atoms with Gasteiger partial charge in [-0.15, -0.1) is 0 Å². The van der Waals surface area contributed by atoms with E-state index in [1.165, 1.54) is 56.2 Å². The fourth-order valence-corrected chi connectivity index (χ4v) is 2.97. The SMILES string of the molecule is c1cc2c(nc1C1CCCCC1)NCCC2. The Hall–Kier alpha value is -1.05. The first kappa shape index (κ1) is 10.1. The number of nitrogens with one attached hydrogen (secondary N) is 1. The number of aromatic nitrogens is 1. The van der Waals surface area contributed by atoms with E-state index >= 15 is 0 Å². The summed E-state index contributed by atoms with van der Waals surface area (Å²) in [5, 5.41) is 3.43. The number of fused-ring (bicyclic) bond motifs is 1. The van der Waals surface area contributed by atoms with Gasteiger partial charge in [-0.2, -0.15) is 0 Å². The summed E-state index contributed by atoms with van der Waals surface area (Å²) in [7, 11) is 0. The predicted octanol–water partition coefficient (Wildman–Crippen LogP) is 3.49. The van der Waals surface area contributed by atoms with E-state index in [0.717, 1.165) is 18.3 Å². The molecule has 0 saturated heterocycles. The molecule has 0 spiro atoms. The number of hydrogen-bond acceptors (Lipinski definition) is 2. The summed E-state index contributed by atoms with van der Waals surface area (Å²) in [4.78, 5) is 4.83. The van der Waals surface area contributed by atoms with Crippen molar-refractivity contribution in [2.45, 2.75) is 50.9 Å². The van der Waals surface area contributed by atoms with Crippen LogP contribution in [0, 0.1) is 0 Å². The van der Waals surface area contributed by atoms with Crippen LogP contribution in [0.1, 0.15) is 55.7 Å². The van der Waals surface area contributed by atoms with Crippen LogP contribution in [-0.2, 0) is 6.42 Å². The molecule has 1 aliphatic carbocycles. The van der Waals surface area contributed by atoms with Crippen molar-refractivity contribution in [3.8, 4) is 0 Å². The number of rotatable bonds is 1. The van der Waals surface area contributed by atoms with Gasteiger partial charge in [0.15, 0.2) is 0 Å². The lowest BCUT2D eigenvalue weighted by Crippen LogP contribution is -2.15. The van der Waals surface area contributed by atoms with E-state index in [1.807, 2.05) is 0 Å². The van der Waals surface area contributed by atoms with E-state index in [-0.39, 0.29) is 0 Å². The predicted molar refractivity (Wildman–Crippen MR) is 66.9 cm³/mol. The molecule has 3 rings (SSSR count). The molecular formula is C14H20N2. The van der Waals surface area contributed by atoms with Crippen LogP contribution in [-0.4, -0.2) is 11.5 Å². The first-order valence-electron chi connectivity index (χ1n) is 6.67. The lowest BCUT2D eigenvalue weighted by molar-refractivity contribution is 0.436. The van der Waals surface area contributed by atoms with Gasteiger partial charge in [0.05, 0.1) is 0 Å². The first-order chi connectivity index (χ1) is 7.93. The highest BCUT2D eigenvalue weighted by atomic mass is 15.0. The van der Waals surface area contributed by atoms with Crippen molar-refractivity contribution in [3.63, 3.8) is 0 Å². The van der Waals surface area contributed by atoms with Crippen molar-refractivity contribution in [1.82, 2.24) is 4.98 Å². The largest absolute Gasteiger partial charge is 0.370 e. The summed E-state index contributed by atoms with van der Waals surface area (Å²) in [6.07, 6.45) is 9.31. The van der Waals surface area contributed by atoms with Gasteiger partial charge in [0.2, 0.25) is 0 Å². The zero-order valence-corrected chi connectivity index (χ0v) is 9.84. The topological polar surface area (TPSA) is 24.9 Å². The molecule has 1 N–H and O–H groups in total. The molecule has 0 unspecified atom stereocenters. The van der Waals surface area contributed by atoms with Gasteiger partial charge in [-0.1, -0.05) is 25.3 Å². The van der Waals surface area contributed by atoms with Gasteiger partial charge in [-0.25, -0.2) is 4.98 Å². The van der Waals surface area contributed by atoms with Crippen LogP contribution in [0.2, 0.25) is 0 Å². The summed E-state index contributed by atoms with van der Waals surface area (Å²) in [5.41, 5.74) is 2.73. The molecule has 1 aromatic heterocycles. The normalized spacial score (nSPS) is 21.2. The molecule has 0 aromatic carbocycles. The molecule has 1 aromatic rings. The van der Waals surface area contributed by atoms with Crippen LogP contribution in [0.5, 0.6) is 0 Å². The third-order valence-electron chi connectivity index (χ3n) is 3.94. The van der Waals surface area contributed by atoms with Crippen LogP contribution < -0.4 is 5.32 Å². The Labute approximate surface area is 97.5 Å². The van der Waals surface area contributed by atoms with E-state index in [4.69, 9.17) is 4.98 Å². The molecule has 0 radical (unpaired) electrons. The second kappa shape index (κ2) is 4.44. The van der Waals surface area contributed by atoms with E-state index in [1.54, 1.807) is 0 Å². The molecular weight excluding hydrogens is 196 g/mol. The number of nitrogens with zero attached hydrogens (tertiary/aromatic N) is 1. The minimum Gasteiger partial charge on any atom is -0.370 e. The summed E-state index contributed by atoms with van der Waals surface area (Å²) in [6.45, 7) is 1.09. The van der Waals surface area contributed by atoms with Crippen molar-refractivity contribution in [1.29, 1.82) is 0 Å². The zero-order valence-electron chi connectivity index (χ0n) is 9.84. The summed E-state index contributed by atoms with van der Waals surface area (Å²) >= 11 is 0. The van der Waals surface area contributed by atoms with Crippen molar-refractivity contribution in [3.05, 3.63) is 23.4 Å². The van der Waals surface area contributed by atoms with E-state index < -0.39 is 0 Å². The lowest BCUT2D eigenvalue weighted by atomic mass is 9.86. The highest BCUT2D eigenvalue weighted by Crippen LogP contribution is 2.33. The van der Waals surface area contributed by atoms with Gasteiger partial charge in [-0.3, -0.25) is 0 Å². The van der Waals surface area contributed by atoms with Crippen molar-refractivity contribution < 1.29 is 0 Å². The van der Waals surface area contributed by atoms with E-state index in [0.29, 0.717) is 0 Å². The second-order valence-corrected chi connectivity index (χ2v) is 5.11. The Morgan fingerprint density at radius 3 is 2.81 bits per heavy atom. The van der Waals surface area contributed by atoms with Crippen LogP contribution >= 0.6 is 0 Å².